The van der Waals surface area contributed by atoms with E-state index in [0.29, 0.717) is 6.54 Å². The summed E-state index contributed by atoms with van der Waals surface area (Å²) in [6.07, 6.45) is 3.68. The first-order valence-electron chi connectivity index (χ1n) is 9.67. The number of benzene rings is 2. The Morgan fingerprint density at radius 2 is 1.97 bits per heavy atom. The van der Waals surface area contributed by atoms with Gasteiger partial charge in [-0.05, 0) is 72.0 Å². The molecule has 0 spiro atoms. The van der Waals surface area contributed by atoms with Crippen molar-refractivity contribution in [3.63, 3.8) is 0 Å². The van der Waals surface area contributed by atoms with Gasteiger partial charge in [0.2, 0.25) is 0 Å². The van der Waals surface area contributed by atoms with Crippen molar-refractivity contribution in [1.29, 1.82) is 0 Å². The molecular weight excluding hydrogens is 428 g/mol. The van der Waals surface area contributed by atoms with Crippen LogP contribution < -0.4 is 4.74 Å². The predicted octanol–water partition coefficient (Wildman–Crippen LogP) is 5.53. The fourth-order valence-electron chi connectivity index (χ4n) is 3.86. The van der Waals surface area contributed by atoms with Crippen molar-refractivity contribution in [3.05, 3.63) is 86.2 Å². The summed E-state index contributed by atoms with van der Waals surface area (Å²) in [4.78, 5) is 12.9. The van der Waals surface area contributed by atoms with Gasteiger partial charge in [0.25, 0.3) is 0 Å². The first kappa shape index (κ1) is 19.6. The van der Waals surface area contributed by atoms with Crippen LogP contribution in [0, 0.1) is 13.8 Å². The molecule has 0 N–H and O–H groups in total. The Hall–Kier alpha value is -2.66. The molecule has 3 aromatic rings. The monoisotopic (exact) mass is 450 g/mol. The first-order chi connectivity index (χ1) is 14.0. The molecule has 2 aromatic carbocycles. The molecule has 148 valence electrons. The van der Waals surface area contributed by atoms with Crippen LogP contribution in [0.1, 0.15) is 44.9 Å². The number of ether oxygens (including phenoxy) is 1. The van der Waals surface area contributed by atoms with Crippen LogP contribution in [0.3, 0.4) is 0 Å². The van der Waals surface area contributed by atoms with Crippen molar-refractivity contribution in [2.45, 2.75) is 33.2 Å². The lowest BCUT2D eigenvalue weighted by molar-refractivity contribution is 0.102. The zero-order valence-corrected chi connectivity index (χ0v) is 18.4. The highest BCUT2D eigenvalue weighted by Gasteiger charge is 2.21. The third-order valence-corrected chi connectivity index (χ3v) is 6.62. The highest BCUT2D eigenvalue weighted by Crippen LogP contribution is 2.29. The lowest BCUT2D eigenvalue weighted by Crippen LogP contribution is -2.13. The van der Waals surface area contributed by atoms with E-state index in [1.807, 2.05) is 61.0 Å². The number of aromatic nitrogens is 2. The van der Waals surface area contributed by atoms with Crippen LogP contribution >= 0.6 is 15.9 Å². The van der Waals surface area contributed by atoms with E-state index in [-0.39, 0.29) is 5.78 Å². The van der Waals surface area contributed by atoms with Gasteiger partial charge in [-0.25, -0.2) is 0 Å². The molecule has 5 heteroatoms. The predicted molar refractivity (Wildman–Crippen MR) is 119 cm³/mol. The van der Waals surface area contributed by atoms with Crippen molar-refractivity contribution >= 4 is 27.8 Å². The molecule has 0 aliphatic heterocycles. The molecule has 0 fully saturated rings. The van der Waals surface area contributed by atoms with Crippen LogP contribution in [0.2, 0.25) is 0 Å². The van der Waals surface area contributed by atoms with Crippen molar-refractivity contribution in [2.24, 2.45) is 0 Å². The standard InChI is InChI=1S/C24H23BrN2O2/c1-15-23(25)16(2)27(26-15)14-20-13-17(8-11-22(20)29-3)12-19-10-9-18-6-4-5-7-21(18)24(19)28/h4-8,11-13H,9-10,14H2,1-3H3/b19-12+. The summed E-state index contributed by atoms with van der Waals surface area (Å²) in [6.45, 7) is 4.63. The number of aryl methyl sites for hydroxylation is 2. The molecule has 1 aliphatic carbocycles. The normalized spacial score (nSPS) is 14.9. The summed E-state index contributed by atoms with van der Waals surface area (Å²) >= 11 is 3.59. The summed E-state index contributed by atoms with van der Waals surface area (Å²) in [5, 5.41) is 4.61. The molecule has 1 aliphatic rings. The van der Waals surface area contributed by atoms with Gasteiger partial charge in [-0.3, -0.25) is 9.48 Å². The Balaban J connectivity index is 1.67. The number of Topliss-reactive ketones (excluding diaryl/α,β-unsaturated/α-hetero) is 1. The number of nitrogens with zero attached hydrogens (tertiary/aromatic N) is 2. The Morgan fingerprint density at radius 3 is 2.69 bits per heavy atom. The molecule has 0 bridgehead atoms. The molecular formula is C24H23BrN2O2. The van der Waals surface area contributed by atoms with Crippen LogP contribution in [0.15, 0.2) is 52.5 Å². The van der Waals surface area contributed by atoms with E-state index < -0.39 is 0 Å². The number of ketones is 1. The van der Waals surface area contributed by atoms with E-state index in [9.17, 15) is 4.79 Å². The Morgan fingerprint density at radius 1 is 1.17 bits per heavy atom. The SMILES string of the molecule is COc1ccc(/C=C2\CCc3ccccc3C2=O)cc1Cn1nc(C)c(Br)c1C. The summed E-state index contributed by atoms with van der Waals surface area (Å²) < 4.78 is 8.56. The highest BCUT2D eigenvalue weighted by molar-refractivity contribution is 9.10. The van der Waals surface area contributed by atoms with Crippen molar-refractivity contribution < 1.29 is 9.53 Å². The van der Waals surface area contributed by atoms with Gasteiger partial charge < -0.3 is 4.74 Å². The Kier molecular flexibility index (Phi) is 5.41. The second kappa shape index (κ2) is 7.99. The number of allylic oxidation sites excluding steroid dienone is 1. The molecule has 0 amide bonds. The number of rotatable bonds is 4. The minimum atomic E-state index is 0.131. The van der Waals surface area contributed by atoms with E-state index in [0.717, 1.165) is 62.3 Å². The maximum atomic E-state index is 12.9. The molecule has 0 atom stereocenters. The number of halogens is 1. The fraction of sp³-hybridized carbons (Fsp3) is 0.250. The van der Waals surface area contributed by atoms with Crippen LogP contribution in [0.25, 0.3) is 6.08 Å². The van der Waals surface area contributed by atoms with Crippen LogP contribution in [0.5, 0.6) is 5.75 Å². The quantitative estimate of drug-likeness (QED) is 0.490. The molecule has 0 saturated heterocycles. The molecule has 29 heavy (non-hydrogen) atoms. The Labute approximate surface area is 179 Å². The summed E-state index contributed by atoms with van der Waals surface area (Å²) in [7, 11) is 1.68. The van der Waals surface area contributed by atoms with E-state index >= 15 is 0 Å². The zero-order chi connectivity index (χ0) is 20.5. The second-order valence-corrected chi connectivity index (χ2v) is 8.16. The van der Waals surface area contributed by atoms with E-state index in [4.69, 9.17) is 4.74 Å². The largest absolute Gasteiger partial charge is 0.496 e. The molecule has 1 aromatic heterocycles. The van der Waals surface area contributed by atoms with Crippen LogP contribution in [-0.2, 0) is 13.0 Å². The number of fused-ring (bicyclic) bond motifs is 1. The number of carbonyl (C=O) groups excluding carboxylic acids is 1. The number of carbonyl (C=O) groups is 1. The van der Waals surface area contributed by atoms with Crippen LogP contribution in [0.4, 0.5) is 0 Å². The van der Waals surface area contributed by atoms with Crippen molar-refractivity contribution in [3.8, 4) is 5.75 Å². The lowest BCUT2D eigenvalue weighted by Gasteiger charge is -2.17. The van der Waals surface area contributed by atoms with Gasteiger partial charge in [-0.15, -0.1) is 0 Å². The van der Waals surface area contributed by atoms with Crippen molar-refractivity contribution in [2.75, 3.05) is 7.11 Å². The Bertz CT molecular complexity index is 1130. The van der Waals surface area contributed by atoms with Gasteiger partial charge >= 0.3 is 0 Å². The lowest BCUT2D eigenvalue weighted by atomic mass is 9.86. The molecule has 0 radical (unpaired) electrons. The van der Waals surface area contributed by atoms with E-state index in [2.05, 4.69) is 27.1 Å². The minimum absolute atomic E-state index is 0.131. The fourth-order valence-corrected chi connectivity index (χ4v) is 4.14. The average molecular weight is 451 g/mol. The van der Waals surface area contributed by atoms with Gasteiger partial charge in [0.05, 0.1) is 29.5 Å². The van der Waals surface area contributed by atoms with Crippen molar-refractivity contribution in [1.82, 2.24) is 9.78 Å². The molecule has 4 nitrogen and oxygen atoms in total. The van der Waals surface area contributed by atoms with E-state index in [1.54, 1.807) is 7.11 Å². The van der Waals surface area contributed by atoms with Gasteiger partial charge in [0.15, 0.2) is 5.78 Å². The molecule has 0 unspecified atom stereocenters. The van der Waals surface area contributed by atoms with Crippen LogP contribution in [-0.4, -0.2) is 22.7 Å². The summed E-state index contributed by atoms with van der Waals surface area (Å²) in [5.41, 5.74) is 6.89. The van der Waals surface area contributed by atoms with E-state index in [1.165, 1.54) is 0 Å². The highest BCUT2D eigenvalue weighted by atomic mass is 79.9. The minimum Gasteiger partial charge on any atom is -0.496 e. The van der Waals surface area contributed by atoms with Gasteiger partial charge in [-0.2, -0.15) is 5.10 Å². The number of methoxy groups -OCH3 is 1. The summed E-state index contributed by atoms with van der Waals surface area (Å²) in [6, 6.07) is 13.9. The third kappa shape index (κ3) is 3.79. The summed E-state index contributed by atoms with van der Waals surface area (Å²) in [5.74, 6) is 0.947. The van der Waals surface area contributed by atoms with Gasteiger partial charge in [-0.1, -0.05) is 30.3 Å². The molecule has 1 heterocycles. The van der Waals surface area contributed by atoms with Gasteiger partial charge in [0.1, 0.15) is 5.75 Å². The third-order valence-electron chi connectivity index (χ3n) is 5.48. The second-order valence-electron chi connectivity index (χ2n) is 7.37. The zero-order valence-electron chi connectivity index (χ0n) is 16.8. The topological polar surface area (TPSA) is 44.1 Å². The smallest absolute Gasteiger partial charge is 0.189 e. The maximum Gasteiger partial charge on any atom is 0.189 e. The number of hydrogen-bond acceptors (Lipinski definition) is 3. The molecule has 4 rings (SSSR count). The maximum absolute atomic E-state index is 12.9. The average Bonchev–Trinajstić information content (AvgIpc) is 2.97. The van der Waals surface area contributed by atoms with Gasteiger partial charge in [0, 0.05) is 16.7 Å². The first-order valence-corrected chi connectivity index (χ1v) is 10.5. The number of hydrogen-bond donors (Lipinski definition) is 0. The molecule has 0 saturated carbocycles.